The number of nitrogens with zero attached hydrogens (tertiary/aromatic N) is 2. The van der Waals surface area contributed by atoms with Gasteiger partial charge in [-0.05, 0) is 37.0 Å². The fraction of sp³-hybridized carbons (Fsp3) is 0.368. The number of nitrogens with one attached hydrogen (secondary N) is 1. The molecule has 0 radical (unpaired) electrons. The lowest BCUT2D eigenvalue weighted by Gasteiger charge is -2.31. The Morgan fingerprint density at radius 1 is 1.23 bits per heavy atom. The third kappa shape index (κ3) is 4.47. The third-order valence-corrected chi connectivity index (χ3v) is 6.41. The molecule has 0 unspecified atom stereocenters. The maximum absolute atomic E-state index is 12.7. The zero-order chi connectivity index (χ0) is 18.6. The lowest BCUT2D eigenvalue weighted by molar-refractivity contribution is -0.120. The summed E-state index contributed by atoms with van der Waals surface area (Å²) in [5, 5.41) is 2.83. The molecular weight excluding hydrogens is 350 g/mol. The Balaban J connectivity index is 1.67. The van der Waals surface area contributed by atoms with E-state index in [1.54, 1.807) is 18.3 Å². The number of anilines is 1. The normalized spacial score (nSPS) is 18.4. The number of pyridine rings is 1. The first-order chi connectivity index (χ1) is 12.5. The molecule has 1 amide bonds. The number of carbonyl (C=O) groups excluding carboxylic acids is 1. The van der Waals surface area contributed by atoms with E-state index in [4.69, 9.17) is 0 Å². The molecule has 2 aromatic rings. The lowest BCUT2D eigenvalue weighted by atomic mass is 9.99. The van der Waals surface area contributed by atoms with Crippen LogP contribution in [-0.4, -0.2) is 36.7 Å². The molecule has 0 bridgehead atoms. The van der Waals surface area contributed by atoms with Gasteiger partial charge in [0.15, 0.2) is 0 Å². The summed E-state index contributed by atoms with van der Waals surface area (Å²) in [6, 6.07) is 12.8. The van der Waals surface area contributed by atoms with E-state index in [0.29, 0.717) is 25.2 Å². The van der Waals surface area contributed by atoms with Crippen molar-refractivity contribution in [2.24, 2.45) is 5.92 Å². The topological polar surface area (TPSA) is 79.4 Å². The predicted octanol–water partition coefficient (Wildman–Crippen LogP) is 2.57. The van der Waals surface area contributed by atoms with Crippen LogP contribution in [0.5, 0.6) is 0 Å². The smallest absolute Gasteiger partial charge is 0.229 e. The molecule has 1 aliphatic heterocycles. The van der Waals surface area contributed by atoms with Gasteiger partial charge < -0.3 is 5.32 Å². The number of rotatable bonds is 5. The maximum atomic E-state index is 12.7. The van der Waals surface area contributed by atoms with E-state index in [0.717, 1.165) is 11.1 Å². The van der Waals surface area contributed by atoms with Gasteiger partial charge in [-0.1, -0.05) is 36.4 Å². The quantitative estimate of drug-likeness (QED) is 0.874. The van der Waals surface area contributed by atoms with Gasteiger partial charge in [0.2, 0.25) is 15.9 Å². The molecule has 1 aromatic heterocycles. The number of carbonyl (C=O) groups is 1. The van der Waals surface area contributed by atoms with Crippen molar-refractivity contribution in [1.29, 1.82) is 0 Å². The molecular formula is C19H23N3O3S. The Labute approximate surface area is 154 Å². The zero-order valence-electron chi connectivity index (χ0n) is 14.8. The van der Waals surface area contributed by atoms with Crippen molar-refractivity contribution in [2.75, 3.05) is 18.4 Å². The monoisotopic (exact) mass is 373 g/mol. The van der Waals surface area contributed by atoms with Gasteiger partial charge in [0.25, 0.3) is 0 Å². The molecule has 2 heterocycles. The summed E-state index contributed by atoms with van der Waals surface area (Å²) >= 11 is 0. The van der Waals surface area contributed by atoms with Gasteiger partial charge in [0.1, 0.15) is 5.82 Å². The largest absolute Gasteiger partial charge is 0.310 e. The Morgan fingerprint density at radius 2 is 2.00 bits per heavy atom. The van der Waals surface area contributed by atoms with Gasteiger partial charge in [-0.15, -0.1) is 0 Å². The zero-order valence-corrected chi connectivity index (χ0v) is 15.6. The van der Waals surface area contributed by atoms with Crippen molar-refractivity contribution in [3.63, 3.8) is 0 Å². The first-order valence-corrected chi connectivity index (χ1v) is 10.3. The second kappa shape index (κ2) is 7.97. The summed E-state index contributed by atoms with van der Waals surface area (Å²) < 4.78 is 26.9. The fourth-order valence-corrected chi connectivity index (χ4v) is 4.73. The van der Waals surface area contributed by atoms with Crippen molar-refractivity contribution < 1.29 is 13.2 Å². The molecule has 1 fully saturated rings. The molecule has 1 atom stereocenters. The SMILES string of the molecule is Cc1cccnc1NC(=O)[C@H]1CCCN(S(=O)(=O)Cc2ccccc2)C1. The molecule has 0 spiro atoms. The number of amides is 1. The van der Waals surface area contributed by atoms with Crippen molar-refractivity contribution in [1.82, 2.24) is 9.29 Å². The van der Waals surface area contributed by atoms with E-state index in [2.05, 4.69) is 10.3 Å². The van der Waals surface area contributed by atoms with E-state index in [1.807, 2.05) is 37.3 Å². The lowest BCUT2D eigenvalue weighted by Crippen LogP contribution is -2.44. The van der Waals surface area contributed by atoms with E-state index >= 15 is 0 Å². The Kier molecular flexibility index (Phi) is 5.68. The first-order valence-electron chi connectivity index (χ1n) is 8.70. The molecule has 3 rings (SSSR count). The highest BCUT2D eigenvalue weighted by molar-refractivity contribution is 7.88. The molecule has 1 aliphatic rings. The summed E-state index contributed by atoms with van der Waals surface area (Å²) in [5.74, 6) is -0.0504. The molecule has 1 N–H and O–H groups in total. The van der Waals surface area contributed by atoms with Crippen LogP contribution in [-0.2, 0) is 20.6 Å². The van der Waals surface area contributed by atoms with Crippen LogP contribution in [0.25, 0.3) is 0 Å². The molecule has 26 heavy (non-hydrogen) atoms. The summed E-state index contributed by atoms with van der Waals surface area (Å²) in [6.45, 7) is 2.55. The van der Waals surface area contributed by atoms with Crippen LogP contribution in [0, 0.1) is 12.8 Å². The maximum Gasteiger partial charge on any atom is 0.229 e. The van der Waals surface area contributed by atoms with Crippen LogP contribution < -0.4 is 5.32 Å². The van der Waals surface area contributed by atoms with Crippen molar-refractivity contribution in [3.8, 4) is 0 Å². The number of hydrogen-bond acceptors (Lipinski definition) is 4. The summed E-state index contributed by atoms with van der Waals surface area (Å²) in [5.41, 5.74) is 1.63. The fourth-order valence-electron chi connectivity index (χ4n) is 3.12. The molecule has 7 heteroatoms. The average molecular weight is 373 g/mol. The van der Waals surface area contributed by atoms with Crippen LogP contribution in [0.2, 0.25) is 0 Å². The van der Waals surface area contributed by atoms with Crippen molar-refractivity contribution in [2.45, 2.75) is 25.5 Å². The average Bonchev–Trinajstić information content (AvgIpc) is 2.64. The van der Waals surface area contributed by atoms with Gasteiger partial charge in [0.05, 0.1) is 11.7 Å². The minimum Gasteiger partial charge on any atom is -0.310 e. The third-order valence-electron chi connectivity index (χ3n) is 4.59. The highest BCUT2D eigenvalue weighted by Crippen LogP contribution is 2.23. The Bertz CT molecular complexity index is 869. The number of piperidine rings is 1. The van der Waals surface area contributed by atoms with E-state index < -0.39 is 10.0 Å². The number of aryl methyl sites for hydroxylation is 1. The molecule has 138 valence electrons. The van der Waals surface area contributed by atoms with Crippen LogP contribution in [0.4, 0.5) is 5.82 Å². The second-order valence-corrected chi connectivity index (χ2v) is 8.57. The van der Waals surface area contributed by atoms with Gasteiger partial charge in [-0.25, -0.2) is 17.7 Å². The minimum atomic E-state index is -3.45. The number of benzene rings is 1. The first kappa shape index (κ1) is 18.5. The van der Waals surface area contributed by atoms with Crippen LogP contribution >= 0.6 is 0 Å². The van der Waals surface area contributed by atoms with Crippen LogP contribution in [0.1, 0.15) is 24.0 Å². The van der Waals surface area contributed by atoms with E-state index in [-0.39, 0.29) is 24.1 Å². The standard InChI is InChI=1S/C19H23N3O3S/c1-15-7-5-11-20-18(15)21-19(23)17-10-6-12-22(13-17)26(24,25)14-16-8-3-2-4-9-16/h2-5,7-9,11,17H,6,10,12-14H2,1H3,(H,20,21,23)/t17-/m0/s1. The molecule has 0 aliphatic carbocycles. The predicted molar refractivity (Wildman–Crippen MR) is 101 cm³/mol. The minimum absolute atomic E-state index is 0.0402. The molecule has 6 nitrogen and oxygen atoms in total. The molecule has 1 aromatic carbocycles. The second-order valence-electron chi connectivity index (χ2n) is 6.60. The van der Waals surface area contributed by atoms with E-state index in [1.165, 1.54) is 4.31 Å². The van der Waals surface area contributed by atoms with Crippen LogP contribution in [0.3, 0.4) is 0 Å². The van der Waals surface area contributed by atoms with Crippen LogP contribution in [0.15, 0.2) is 48.7 Å². The molecule has 1 saturated heterocycles. The highest BCUT2D eigenvalue weighted by atomic mass is 32.2. The van der Waals surface area contributed by atoms with Gasteiger partial charge in [-0.2, -0.15) is 0 Å². The Morgan fingerprint density at radius 3 is 2.73 bits per heavy atom. The number of aromatic nitrogens is 1. The molecule has 0 saturated carbocycles. The number of hydrogen-bond donors (Lipinski definition) is 1. The number of sulfonamides is 1. The van der Waals surface area contributed by atoms with Gasteiger partial charge in [-0.3, -0.25) is 4.79 Å². The van der Waals surface area contributed by atoms with Crippen molar-refractivity contribution in [3.05, 3.63) is 59.8 Å². The van der Waals surface area contributed by atoms with Gasteiger partial charge in [0, 0.05) is 19.3 Å². The van der Waals surface area contributed by atoms with Gasteiger partial charge >= 0.3 is 0 Å². The summed E-state index contributed by atoms with van der Waals surface area (Å²) in [6.07, 6.45) is 2.97. The Hall–Kier alpha value is -2.25. The highest BCUT2D eigenvalue weighted by Gasteiger charge is 2.32. The van der Waals surface area contributed by atoms with E-state index in [9.17, 15) is 13.2 Å². The summed E-state index contributed by atoms with van der Waals surface area (Å²) in [7, 11) is -3.45. The summed E-state index contributed by atoms with van der Waals surface area (Å²) in [4.78, 5) is 16.8. The van der Waals surface area contributed by atoms with Crippen molar-refractivity contribution >= 4 is 21.7 Å².